The molecule has 0 saturated carbocycles. The Morgan fingerprint density at radius 3 is 2.50 bits per heavy atom. The summed E-state index contributed by atoms with van der Waals surface area (Å²) in [6.07, 6.45) is 0.618. The van der Waals surface area contributed by atoms with Crippen molar-refractivity contribution in [3.05, 3.63) is 65.5 Å². The molecule has 104 valence electrons. The summed E-state index contributed by atoms with van der Waals surface area (Å²) in [5.41, 5.74) is 0.608. The fourth-order valence-electron chi connectivity index (χ4n) is 1.78. The Morgan fingerprint density at radius 1 is 1.15 bits per heavy atom. The summed E-state index contributed by atoms with van der Waals surface area (Å²) in [6, 6.07) is 13.1. The van der Waals surface area contributed by atoms with E-state index in [1.54, 1.807) is 0 Å². The highest BCUT2D eigenvalue weighted by molar-refractivity contribution is 7.85. The number of aryl methyl sites for hydroxylation is 1. The second-order valence-corrected chi connectivity index (χ2v) is 5.80. The predicted molar refractivity (Wildman–Crippen MR) is 74.8 cm³/mol. The molecule has 0 bridgehead atoms. The van der Waals surface area contributed by atoms with Gasteiger partial charge in [-0.05, 0) is 30.2 Å². The van der Waals surface area contributed by atoms with E-state index < -0.39 is 28.1 Å². The Labute approximate surface area is 118 Å². The van der Waals surface area contributed by atoms with Crippen LogP contribution in [0, 0.1) is 5.82 Å². The van der Waals surface area contributed by atoms with E-state index in [2.05, 4.69) is 0 Å². The highest BCUT2D eigenvalue weighted by Gasteiger charge is 2.13. The van der Waals surface area contributed by atoms with Crippen LogP contribution in [0.25, 0.3) is 0 Å². The molecule has 3 nitrogen and oxygen atoms in total. The van der Waals surface area contributed by atoms with Crippen LogP contribution in [0.3, 0.4) is 0 Å². The minimum atomic E-state index is -1.36. The maximum Gasteiger partial charge on any atom is 0.338 e. The maximum atomic E-state index is 13.3. The SMILES string of the molecule is O=C(O)c1cc(S(=O)CCc2ccccc2)ccc1F. The smallest absolute Gasteiger partial charge is 0.338 e. The highest BCUT2D eigenvalue weighted by atomic mass is 32.2. The normalized spacial score (nSPS) is 12.1. The summed E-state index contributed by atoms with van der Waals surface area (Å²) in [6.45, 7) is 0. The number of carboxylic acid groups (broad SMARTS) is 1. The van der Waals surface area contributed by atoms with E-state index in [9.17, 15) is 13.4 Å². The molecule has 0 aliphatic rings. The van der Waals surface area contributed by atoms with Crippen LogP contribution in [0.4, 0.5) is 4.39 Å². The van der Waals surface area contributed by atoms with Crippen LogP contribution in [-0.2, 0) is 17.2 Å². The molecule has 20 heavy (non-hydrogen) atoms. The van der Waals surface area contributed by atoms with Crippen molar-refractivity contribution < 1.29 is 18.5 Å². The van der Waals surface area contributed by atoms with Gasteiger partial charge < -0.3 is 5.11 Å². The first-order chi connectivity index (χ1) is 9.58. The number of carbonyl (C=O) groups is 1. The minimum absolute atomic E-state index is 0.333. The van der Waals surface area contributed by atoms with E-state index in [0.29, 0.717) is 17.1 Å². The van der Waals surface area contributed by atoms with Gasteiger partial charge in [-0.3, -0.25) is 4.21 Å². The van der Waals surface area contributed by atoms with Gasteiger partial charge >= 0.3 is 5.97 Å². The third kappa shape index (κ3) is 3.51. The second-order valence-electron chi connectivity index (χ2n) is 4.23. The number of benzene rings is 2. The van der Waals surface area contributed by atoms with Gasteiger partial charge in [0.1, 0.15) is 5.82 Å². The molecule has 2 aromatic carbocycles. The van der Waals surface area contributed by atoms with Gasteiger partial charge in [-0.15, -0.1) is 0 Å². The van der Waals surface area contributed by atoms with Gasteiger partial charge in [0.2, 0.25) is 0 Å². The van der Waals surface area contributed by atoms with Crippen LogP contribution in [0.1, 0.15) is 15.9 Å². The first kappa shape index (κ1) is 14.4. The molecular weight excluding hydrogens is 279 g/mol. The first-order valence-corrected chi connectivity index (χ1v) is 7.35. The van der Waals surface area contributed by atoms with Crippen molar-refractivity contribution >= 4 is 16.8 Å². The average Bonchev–Trinajstić information content (AvgIpc) is 2.46. The molecule has 0 radical (unpaired) electrons. The van der Waals surface area contributed by atoms with Gasteiger partial charge in [-0.1, -0.05) is 30.3 Å². The minimum Gasteiger partial charge on any atom is -0.478 e. The van der Waals surface area contributed by atoms with Gasteiger partial charge in [0.15, 0.2) is 0 Å². The number of hydrogen-bond acceptors (Lipinski definition) is 2. The zero-order valence-electron chi connectivity index (χ0n) is 10.6. The molecule has 0 fully saturated rings. The Hall–Kier alpha value is -2.01. The van der Waals surface area contributed by atoms with Gasteiger partial charge in [-0.25, -0.2) is 9.18 Å². The zero-order valence-corrected chi connectivity index (χ0v) is 11.4. The molecule has 0 aliphatic heterocycles. The number of hydrogen-bond donors (Lipinski definition) is 1. The quantitative estimate of drug-likeness (QED) is 0.922. The summed E-state index contributed by atoms with van der Waals surface area (Å²) >= 11 is 0. The third-order valence-corrected chi connectivity index (χ3v) is 4.20. The van der Waals surface area contributed by atoms with Crippen molar-refractivity contribution in [2.75, 3.05) is 5.75 Å². The molecule has 0 amide bonds. The number of rotatable bonds is 5. The topological polar surface area (TPSA) is 54.4 Å². The lowest BCUT2D eigenvalue weighted by Crippen LogP contribution is -2.05. The lowest BCUT2D eigenvalue weighted by Gasteiger charge is -2.05. The summed E-state index contributed by atoms with van der Waals surface area (Å²) in [4.78, 5) is 11.2. The molecule has 0 aliphatic carbocycles. The Bertz CT molecular complexity index is 641. The van der Waals surface area contributed by atoms with Crippen LogP contribution in [0.5, 0.6) is 0 Å². The fraction of sp³-hybridized carbons (Fsp3) is 0.133. The monoisotopic (exact) mass is 292 g/mol. The van der Waals surface area contributed by atoms with Crippen molar-refractivity contribution in [1.82, 2.24) is 0 Å². The lowest BCUT2D eigenvalue weighted by molar-refractivity contribution is 0.0691. The second kappa shape index (κ2) is 6.43. The Kier molecular flexibility index (Phi) is 4.63. The van der Waals surface area contributed by atoms with Crippen molar-refractivity contribution in [2.45, 2.75) is 11.3 Å². The third-order valence-electron chi connectivity index (χ3n) is 2.85. The predicted octanol–water partition coefficient (Wildman–Crippen LogP) is 2.87. The molecule has 1 N–H and O–H groups in total. The summed E-state index contributed by atoms with van der Waals surface area (Å²) in [7, 11) is -1.35. The highest BCUT2D eigenvalue weighted by Crippen LogP contribution is 2.15. The van der Waals surface area contributed by atoms with Crippen LogP contribution in [0.2, 0.25) is 0 Å². The van der Waals surface area contributed by atoms with E-state index in [0.717, 1.165) is 17.7 Å². The van der Waals surface area contributed by atoms with E-state index in [4.69, 9.17) is 5.11 Å². The zero-order chi connectivity index (χ0) is 14.5. The van der Waals surface area contributed by atoms with Crippen LogP contribution >= 0.6 is 0 Å². The standard InChI is InChI=1S/C15H13FO3S/c16-14-7-6-12(10-13(14)15(17)18)20(19)9-8-11-4-2-1-3-5-11/h1-7,10H,8-9H2,(H,17,18). The fourth-order valence-corrected chi connectivity index (χ4v) is 2.91. The average molecular weight is 292 g/mol. The molecule has 1 unspecified atom stereocenters. The summed E-state index contributed by atoms with van der Waals surface area (Å²) < 4.78 is 25.4. The Balaban J connectivity index is 2.10. The molecule has 2 aromatic rings. The molecule has 0 heterocycles. The summed E-state index contributed by atoms with van der Waals surface area (Å²) in [5.74, 6) is -1.81. The summed E-state index contributed by atoms with van der Waals surface area (Å²) in [5, 5.41) is 8.84. The first-order valence-electron chi connectivity index (χ1n) is 6.03. The molecule has 0 spiro atoms. The van der Waals surface area contributed by atoms with E-state index in [1.165, 1.54) is 6.07 Å². The Morgan fingerprint density at radius 2 is 1.85 bits per heavy atom. The molecular formula is C15H13FO3S. The van der Waals surface area contributed by atoms with Crippen molar-refractivity contribution in [2.24, 2.45) is 0 Å². The van der Waals surface area contributed by atoms with Gasteiger partial charge in [0.25, 0.3) is 0 Å². The lowest BCUT2D eigenvalue weighted by atomic mass is 10.2. The molecule has 2 rings (SSSR count). The molecule has 5 heteroatoms. The molecule has 0 aromatic heterocycles. The van der Waals surface area contributed by atoms with E-state index in [1.807, 2.05) is 30.3 Å². The van der Waals surface area contributed by atoms with Crippen LogP contribution in [0.15, 0.2) is 53.4 Å². The largest absolute Gasteiger partial charge is 0.478 e. The van der Waals surface area contributed by atoms with Gasteiger partial charge in [0, 0.05) is 10.6 Å². The maximum absolute atomic E-state index is 13.3. The van der Waals surface area contributed by atoms with Crippen molar-refractivity contribution in [3.63, 3.8) is 0 Å². The van der Waals surface area contributed by atoms with Crippen LogP contribution < -0.4 is 0 Å². The van der Waals surface area contributed by atoms with E-state index >= 15 is 0 Å². The number of carboxylic acids is 1. The van der Waals surface area contributed by atoms with Crippen molar-refractivity contribution in [1.29, 1.82) is 0 Å². The number of halogens is 1. The van der Waals surface area contributed by atoms with Gasteiger partial charge in [-0.2, -0.15) is 0 Å². The number of aromatic carboxylic acids is 1. The van der Waals surface area contributed by atoms with Crippen molar-refractivity contribution in [3.8, 4) is 0 Å². The van der Waals surface area contributed by atoms with Gasteiger partial charge in [0.05, 0.1) is 16.4 Å². The van der Waals surface area contributed by atoms with Crippen LogP contribution in [-0.4, -0.2) is 21.0 Å². The molecule has 1 atom stereocenters. The molecule has 0 saturated heterocycles. The van der Waals surface area contributed by atoms with E-state index in [-0.39, 0.29) is 0 Å².